The molecular formula is C27H26FN7O. The molecule has 0 bridgehead atoms. The molecule has 0 aliphatic carbocycles. The van der Waals surface area contributed by atoms with Crippen molar-refractivity contribution in [1.82, 2.24) is 29.6 Å². The number of likely N-dealkylation sites (N-methyl/N-ethyl adjacent to an activating group) is 1. The average Bonchev–Trinajstić information content (AvgIpc) is 3.25. The Labute approximate surface area is 208 Å². The van der Waals surface area contributed by atoms with E-state index >= 15 is 0 Å². The van der Waals surface area contributed by atoms with Crippen LogP contribution >= 0.6 is 0 Å². The van der Waals surface area contributed by atoms with Gasteiger partial charge in [0.05, 0.1) is 18.3 Å². The lowest BCUT2D eigenvalue weighted by Gasteiger charge is -2.14. The Morgan fingerprint density at radius 3 is 2.58 bits per heavy atom. The van der Waals surface area contributed by atoms with Gasteiger partial charge in [-0.05, 0) is 38.4 Å². The van der Waals surface area contributed by atoms with Crippen LogP contribution in [0.1, 0.15) is 5.56 Å². The molecule has 0 saturated heterocycles. The molecule has 2 aromatic carbocycles. The largest absolute Gasteiger partial charge is 0.487 e. The molecular weight excluding hydrogens is 457 g/mol. The van der Waals surface area contributed by atoms with Crippen molar-refractivity contribution >= 4 is 22.4 Å². The SMILES string of the molecule is CN(C)CCOc1cnc(-c2nn(Cc3ccccc3F)c3ccccc23)nc1Nc1ccncc1. The maximum atomic E-state index is 14.4. The number of pyridine rings is 1. The fourth-order valence-electron chi connectivity index (χ4n) is 3.79. The van der Waals surface area contributed by atoms with Gasteiger partial charge in [-0.25, -0.2) is 14.4 Å². The normalized spacial score (nSPS) is 11.2. The number of ether oxygens (including phenoxy) is 1. The van der Waals surface area contributed by atoms with E-state index in [0.717, 1.165) is 23.1 Å². The smallest absolute Gasteiger partial charge is 0.183 e. The van der Waals surface area contributed by atoms with Crippen molar-refractivity contribution in [3.63, 3.8) is 0 Å². The second-order valence-electron chi connectivity index (χ2n) is 8.53. The number of hydrogen-bond donors (Lipinski definition) is 1. The van der Waals surface area contributed by atoms with Gasteiger partial charge in [-0.1, -0.05) is 36.4 Å². The molecule has 0 amide bonds. The Morgan fingerprint density at radius 1 is 1.00 bits per heavy atom. The molecule has 182 valence electrons. The molecule has 0 saturated carbocycles. The van der Waals surface area contributed by atoms with E-state index in [-0.39, 0.29) is 5.82 Å². The molecule has 8 nitrogen and oxygen atoms in total. The zero-order valence-electron chi connectivity index (χ0n) is 20.1. The summed E-state index contributed by atoms with van der Waals surface area (Å²) < 4.78 is 22.1. The molecule has 1 N–H and O–H groups in total. The van der Waals surface area contributed by atoms with Gasteiger partial charge in [0.15, 0.2) is 17.4 Å². The third-order valence-electron chi connectivity index (χ3n) is 5.64. The molecule has 3 heterocycles. The van der Waals surface area contributed by atoms with E-state index in [1.165, 1.54) is 6.07 Å². The van der Waals surface area contributed by atoms with Crippen molar-refractivity contribution in [2.75, 3.05) is 32.6 Å². The van der Waals surface area contributed by atoms with Crippen molar-refractivity contribution in [2.24, 2.45) is 0 Å². The van der Waals surface area contributed by atoms with Crippen LogP contribution in [0, 0.1) is 5.82 Å². The van der Waals surface area contributed by atoms with E-state index in [9.17, 15) is 4.39 Å². The summed E-state index contributed by atoms with van der Waals surface area (Å²) in [6.07, 6.45) is 5.07. The molecule has 0 spiro atoms. The maximum absolute atomic E-state index is 14.4. The van der Waals surface area contributed by atoms with Crippen LogP contribution in [0.5, 0.6) is 5.75 Å². The molecule has 0 atom stereocenters. The van der Waals surface area contributed by atoms with Gasteiger partial charge in [-0.3, -0.25) is 9.67 Å². The van der Waals surface area contributed by atoms with Crippen molar-refractivity contribution in [2.45, 2.75) is 6.54 Å². The number of nitrogens with one attached hydrogen (secondary N) is 1. The molecule has 9 heteroatoms. The highest BCUT2D eigenvalue weighted by Crippen LogP contribution is 2.31. The molecule has 3 aromatic heterocycles. The van der Waals surface area contributed by atoms with Crippen LogP contribution in [0.2, 0.25) is 0 Å². The first kappa shape index (κ1) is 23.4. The zero-order valence-corrected chi connectivity index (χ0v) is 20.1. The summed E-state index contributed by atoms with van der Waals surface area (Å²) in [4.78, 5) is 15.5. The van der Waals surface area contributed by atoms with Crippen LogP contribution in [-0.2, 0) is 6.54 Å². The van der Waals surface area contributed by atoms with Gasteiger partial charge in [0.1, 0.15) is 18.1 Å². The van der Waals surface area contributed by atoms with Crippen LogP contribution in [0.15, 0.2) is 79.3 Å². The van der Waals surface area contributed by atoms with E-state index in [2.05, 4.69) is 15.3 Å². The number of rotatable bonds is 9. The van der Waals surface area contributed by atoms with Gasteiger partial charge >= 0.3 is 0 Å². The van der Waals surface area contributed by atoms with Crippen molar-refractivity contribution < 1.29 is 9.13 Å². The fourth-order valence-corrected chi connectivity index (χ4v) is 3.79. The van der Waals surface area contributed by atoms with Gasteiger partial charge in [-0.2, -0.15) is 5.10 Å². The topological polar surface area (TPSA) is 81.0 Å². The predicted molar refractivity (Wildman–Crippen MR) is 138 cm³/mol. The molecule has 0 unspecified atom stereocenters. The highest BCUT2D eigenvalue weighted by molar-refractivity contribution is 5.92. The minimum absolute atomic E-state index is 0.266. The minimum Gasteiger partial charge on any atom is -0.487 e. The monoisotopic (exact) mass is 483 g/mol. The molecule has 5 aromatic rings. The summed E-state index contributed by atoms with van der Waals surface area (Å²) in [5, 5.41) is 8.99. The van der Waals surface area contributed by atoms with Crippen LogP contribution < -0.4 is 10.1 Å². The highest BCUT2D eigenvalue weighted by atomic mass is 19.1. The standard InChI is InChI=1S/C27H26FN7O/c1-34(2)15-16-36-24-17-30-27(32-26(24)31-20-11-13-29-14-12-20)25-21-8-4-6-10-23(21)35(33-25)18-19-7-3-5-9-22(19)28/h3-14,17H,15-16,18H2,1-2H3,(H,29,30,31,32). The van der Waals surface area contributed by atoms with E-state index in [4.69, 9.17) is 14.8 Å². The summed E-state index contributed by atoms with van der Waals surface area (Å²) in [5.74, 6) is 1.23. The first-order valence-corrected chi connectivity index (χ1v) is 11.6. The van der Waals surface area contributed by atoms with Gasteiger partial charge in [0, 0.05) is 35.6 Å². The summed E-state index contributed by atoms with van der Waals surface area (Å²) in [5.41, 5.74) is 2.86. The predicted octanol–water partition coefficient (Wildman–Crippen LogP) is 4.76. The number of fused-ring (bicyclic) bond motifs is 1. The number of nitrogens with zero attached hydrogens (tertiary/aromatic N) is 6. The summed E-state index contributed by atoms with van der Waals surface area (Å²) in [6.45, 7) is 1.53. The first-order valence-electron chi connectivity index (χ1n) is 11.6. The van der Waals surface area contributed by atoms with Crippen LogP contribution in [-0.4, -0.2) is 56.9 Å². The van der Waals surface area contributed by atoms with Crippen LogP contribution in [0.25, 0.3) is 22.4 Å². The molecule has 5 rings (SSSR count). The first-order chi connectivity index (χ1) is 17.6. The zero-order chi connectivity index (χ0) is 24.9. The van der Waals surface area contributed by atoms with Crippen LogP contribution in [0.4, 0.5) is 15.9 Å². The molecule has 0 aliphatic heterocycles. The number of aromatic nitrogens is 5. The lowest BCUT2D eigenvalue weighted by Crippen LogP contribution is -2.20. The van der Waals surface area contributed by atoms with Gasteiger partial charge in [0.2, 0.25) is 0 Å². The van der Waals surface area contributed by atoms with Crippen molar-refractivity contribution in [3.8, 4) is 17.3 Å². The van der Waals surface area contributed by atoms with E-state index < -0.39 is 0 Å². The Balaban J connectivity index is 1.54. The summed E-state index contributed by atoms with van der Waals surface area (Å²) >= 11 is 0. The average molecular weight is 484 g/mol. The van der Waals surface area contributed by atoms with E-state index in [1.807, 2.05) is 61.5 Å². The van der Waals surface area contributed by atoms with Gasteiger partial charge in [-0.15, -0.1) is 0 Å². The maximum Gasteiger partial charge on any atom is 0.183 e. The number of hydrogen-bond acceptors (Lipinski definition) is 7. The number of anilines is 2. The minimum atomic E-state index is -0.266. The molecule has 0 aliphatic rings. The second-order valence-corrected chi connectivity index (χ2v) is 8.53. The highest BCUT2D eigenvalue weighted by Gasteiger charge is 2.18. The number of para-hydroxylation sites is 1. The van der Waals surface area contributed by atoms with E-state index in [1.54, 1.807) is 35.4 Å². The van der Waals surface area contributed by atoms with E-state index in [0.29, 0.717) is 41.8 Å². The fraction of sp³-hybridized carbons (Fsp3) is 0.185. The summed E-state index contributed by atoms with van der Waals surface area (Å²) in [7, 11) is 3.98. The molecule has 36 heavy (non-hydrogen) atoms. The lowest BCUT2D eigenvalue weighted by atomic mass is 10.2. The summed E-state index contributed by atoms with van der Waals surface area (Å²) in [6, 6.07) is 18.2. The number of halogens is 1. The quantitative estimate of drug-likeness (QED) is 0.324. The Bertz CT molecular complexity index is 1470. The third kappa shape index (κ3) is 5.16. The van der Waals surface area contributed by atoms with Crippen molar-refractivity contribution in [1.29, 1.82) is 0 Å². The number of benzene rings is 2. The Hall–Kier alpha value is -4.37. The van der Waals surface area contributed by atoms with Gasteiger partial charge < -0.3 is 15.0 Å². The molecule has 0 fully saturated rings. The van der Waals surface area contributed by atoms with Crippen molar-refractivity contribution in [3.05, 3.63) is 90.6 Å². The third-order valence-corrected chi connectivity index (χ3v) is 5.64. The van der Waals surface area contributed by atoms with Crippen LogP contribution in [0.3, 0.4) is 0 Å². The second kappa shape index (κ2) is 10.5. The Kier molecular flexibility index (Phi) is 6.81. The van der Waals surface area contributed by atoms with Gasteiger partial charge in [0.25, 0.3) is 0 Å². The lowest BCUT2D eigenvalue weighted by molar-refractivity contribution is 0.261. The Morgan fingerprint density at radius 2 is 1.78 bits per heavy atom. The molecule has 0 radical (unpaired) electrons.